The van der Waals surface area contributed by atoms with Gasteiger partial charge in [-0.05, 0) is 5.56 Å². The van der Waals surface area contributed by atoms with Gasteiger partial charge in [0.2, 0.25) is 0 Å². The predicted octanol–water partition coefficient (Wildman–Crippen LogP) is 2.52. The van der Waals surface area contributed by atoms with E-state index in [4.69, 9.17) is 9.47 Å². The second kappa shape index (κ2) is 8.92. The first-order valence-electron chi connectivity index (χ1n) is 8.21. The molecular formula is C18H22N2O3S. The van der Waals surface area contributed by atoms with E-state index in [1.165, 1.54) is 5.56 Å². The van der Waals surface area contributed by atoms with Crippen LogP contribution in [0.2, 0.25) is 0 Å². The molecule has 2 heterocycles. The van der Waals surface area contributed by atoms with Crippen LogP contribution < -0.4 is 0 Å². The van der Waals surface area contributed by atoms with Crippen LogP contribution in [0, 0.1) is 0 Å². The van der Waals surface area contributed by atoms with Gasteiger partial charge in [0.15, 0.2) is 0 Å². The van der Waals surface area contributed by atoms with Crippen LogP contribution in [0.25, 0.3) is 0 Å². The average Bonchev–Trinajstić information content (AvgIpc) is 3.13. The summed E-state index contributed by atoms with van der Waals surface area (Å²) in [6, 6.07) is 10.4. The van der Waals surface area contributed by atoms with Gasteiger partial charge in [-0.1, -0.05) is 30.3 Å². The van der Waals surface area contributed by atoms with Gasteiger partial charge in [-0.2, -0.15) is 0 Å². The lowest BCUT2D eigenvalue weighted by Gasteiger charge is -2.32. The minimum absolute atomic E-state index is 0.0497. The summed E-state index contributed by atoms with van der Waals surface area (Å²) in [5, 5.41) is 2.88. The van der Waals surface area contributed by atoms with Crippen LogP contribution in [0.3, 0.4) is 0 Å². The molecule has 128 valence electrons. The van der Waals surface area contributed by atoms with Crippen LogP contribution in [0.1, 0.15) is 17.0 Å². The van der Waals surface area contributed by atoms with Gasteiger partial charge in [-0.3, -0.25) is 9.69 Å². The van der Waals surface area contributed by atoms with Gasteiger partial charge in [-0.25, -0.2) is 4.98 Å². The van der Waals surface area contributed by atoms with E-state index >= 15 is 0 Å². The molecule has 1 aliphatic rings. The van der Waals surface area contributed by atoms with Crippen LogP contribution in [0.4, 0.5) is 0 Å². The fourth-order valence-electron chi connectivity index (χ4n) is 2.71. The van der Waals surface area contributed by atoms with Crippen LogP contribution in [0.5, 0.6) is 0 Å². The molecule has 1 saturated heterocycles. The molecule has 0 radical (unpaired) electrons. The van der Waals surface area contributed by atoms with E-state index in [1.807, 2.05) is 11.4 Å². The summed E-state index contributed by atoms with van der Waals surface area (Å²) in [5.41, 5.74) is 1.29. The van der Waals surface area contributed by atoms with Crippen LogP contribution in [-0.2, 0) is 27.2 Å². The fraction of sp³-hybridized carbons (Fsp3) is 0.444. The number of ether oxygens (including phenoxy) is 2. The summed E-state index contributed by atoms with van der Waals surface area (Å²) in [4.78, 5) is 18.3. The third kappa shape index (κ3) is 5.40. The van der Waals surface area contributed by atoms with E-state index in [1.54, 1.807) is 17.5 Å². The standard InChI is InChI=1S/C18H22N2O3S/c21-18(7-6-17-19-8-11-24-17)23-14-16-13-20(9-10-22-16)12-15-4-2-1-3-5-15/h1-5,8,11,16H,6-7,9-10,12-14H2/t16-/m0/s1. The van der Waals surface area contributed by atoms with Crippen molar-refractivity contribution in [1.29, 1.82) is 0 Å². The van der Waals surface area contributed by atoms with Crippen molar-refractivity contribution in [2.24, 2.45) is 0 Å². The number of nitrogens with zero attached hydrogens (tertiary/aromatic N) is 2. The van der Waals surface area contributed by atoms with Crippen LogP contribution in [-0.4, -0.2) is 48.3 Å². The molecule has 0 saturated carbocycles. The SMILES string of the molecule is O=C(CCc1nccs1)OC[C@@H]1CN(Cc2ccccc2)CCO1. The van der Waals surface area contributed by atoms with Crippen molar-refractivity contribution < 1.29 is 14.3 Å². The Morgan fingerprint density at radius 1 is 1.38 bits per heavy atom. The number of hydrogen-bond acceptors (Lipinski definition) is 6. The number of morpholine rings is 1. The molecule has 0 bridgehead atoms. The smallest absolute Gasteiger partial charge is 0.306 e. The van der Waals surface area contributed by atoms with E-state index in [9.17, 15) is 4.79 Å². The molecule has 24 heavy (non-hydrogen) atoms. The topological polar surface area (TPSA) is 51.7 Å². The van der Waals surface area contributed by atoms with Gasteiger partial charge in [0.05, 0.1) is 18.0 Å². The highest BCUT2D eigenvalue weighted by Gasteiger charge is 2.22. The Morgan fingerprint density at radius 2 is 2.25 bits per heavy atom. The van der Waals surface area contributed by atoms with Crippen molar-refractivity contribution in [2.75, 3.05) is 26.3 Å². The molecule has 0 amide bonds. The van der Waals surface area contributed by atoms with Crippen molar-refractivity contribution in [1.82, 2.24) is 9.88 Å². The fourth-order valence-corrected chi connectivity index (χ4v) is 3.33. The highest BCUT2D eigenvalue weighted by molar-refractivity contribution is 7.09. The van der Waals surface area contributed by atoms with Gasteiger partial charge >= 0.3 is 5.97 Å². The number of aryl methyl sites for hydroxylation is 1. The summed E-state index contributed by atoms with van der Waals surface area (Å²) in [6.07, 6.45) is 2.71. The molecule has 0 aliphatic carbocycles. The number of carbonyl (C=O) groups excluding carboxylic acids is 1. The van der Waals surface area contributed by atoms with Gasteiger partial charge < -0.3 is 9.47 Å². The van der Waals surface area contributed by atoms with E-state index < -0.39 is 0 Å². The molecule has 0 spiro atoms. The zero-order valence-electron chi connectivity index (χ0n) is 13.6. The molecule has 1 aromatic heterocycles. The molecule has 0 unspecified atom stereocenters. The molecule has 1 aromatic carbocycles. The largest absolute Gasteiger partial charge is 0.463 e. The molecule has 0 N–H and O–H groups in total. The molecule has 2 aromatic rings. The summed E-state index contributed by atoms with van der Waals surface area (Å²) >= 11 is 1.56. The minimum Gasteiger partial charge on any atom is -0.463 e. The average molecular weight is 346 g/mol. The van der Waals surface area contributed by atoms with E-state index in [-0.39, 0.29) is 12.1 Å². The Morgan fingerprint density at radius 3 is 3.04 bits per heavy atom. The van der Waals surface area contributed by atoms with Crippen molar-refractivity contribution >= 4 is 17.3 Å². The second-order valence-electron chi connectivity index (χ2n) is 5.82. The Kier molecular flexibility index (Phi) is 6.34. The van der Waals surface area contributed by atoms with Crippen LogP contribution >= 0.6 is 11.3 Å². The first-order valence-corrected chi connectivity index (χ1v) is 9.09. The molecule has 1 fully saturated rings. The lowest BCUT2D eigenvalue weighted by molar-refractivity contribution is -0.150. The predicted molar refractivity (Wildman–Crippen MR) is 92.9 cm³/mol. The Balaban J connectivity index is 1.38. The number of esters is 1. The molecule has 5 nitrogen and oxygen atoms in total. The zero-order chi connectivity index (χ0) is 16.6. The first-order chi connectivity index (χ1) is 11.8. The number of hydrogen-bond donors (Lipinski definition) is 0. The van der Waals surface area contributed by atoms with Gasteiger partial charge in [0.1, 0.15) is 12.7 Å². The second-order valence-corrected chi connectivity index (χ2v) is 6.80. The van der Waals surface area contributed by atoms with E-state index in [2.05, 4.69) is 34.1 Å². The normalized spacial score (nSPS) is 18.4. The molecule has 3 rings (SSSR count). The van der Waals surface area contributed by atoms with Gasteiger partial charge in [0.25, 0.3) is 0 Å². The Hall–Kier alpha value is -1.76. The first kappa shape index (κ1) is 17.1. The lowest BCUT2D eigenvalue weighted by atomic mass is 10.2. The number of aromatic nitrogens is 1. The maximum Gasteiger partial charge on any atom is 0.306 e. The molecular weight excluding hydrogens is 324 g/mol. The zero-order valence-corrected chi connectivity index (χ0v) is 14.4. The maximum atomic E-state index is 11.8. The van der Waals surface area contributed by atoms with Crippen molar-refractivity contribution in [3.63, 3.8) is 0 Å². The molecule has 1 aliphatic heterocycles. The van der Waals surface area contributed by atoms with E-state index in [0.717, 1.165) is 24.6 Å². The highest BCUT2D eigenvalue weighted by Crippen LogP contribution is 2.12. The third-order valence-corrected chi connectivity index (χ3v) is 4.77. The van der Waals surface area contributed by atoms with Gasteiger partial charge in [0, 0.05) is 37.6 Å². The Labute approximate surface area is 146 Å². The summed E-state index contributed by atoms with van der Waals surface area (Å²) in [7, 11) is 0. The summed E-state index contributed by atoms with van der Waals surface area (Å²) in [5.74, 6) is -0.186. The molecule has 6 heteroatoms. The number of rotatable bonds is 7. The van der Waals surface area contributed by atoms with E-state index in [0.29, 0.717) is 26.1 Å². The molecule has 1 atom stereocenters. The number of benzene rings is 1. The summed E-state index contributed by atoms with van der Waals surface area (Å²) in [6.45, 7) is 3.59. The lowest BCUT2D eigenvalue weighted by Crippen LogP contribution is -2.44. The number of thiazole rings is 1. The summed E-state index contributed by atoms with van der Waals surface area (Å²) < 4.78 is 11.1. The van der Waals surface area contributed by atoms with Crippen molar-refractivity contribution in [2.45, 2.75) is 25.5 Å². The third-order valence-electron chi connectivity index (χ3n) is 3.93. The quantitative estimate of drug-likeness (QED) is 0.721. The Bertz CT molecular complexity index is 618. The van der Waals surface area contributed by atoms with Gasteiger partial charge in [-0.15, -0.1) is 11.3 Å². The van der Waals surface area contributed by atoms with Crippen LogP contribution in [0.15, 0.2) is 41.9 Å². The monoisotopic (exact) mass is 346 g/mol. The highest BCUT2D eigenvalue weighted by atomic mass is 32.1. The maximum absolute atomic E-state index is 11.8. The van der Waals surface area contributed by atoms with Crippen molar-refractivity contribution in [3.8, 4) is 0 Å². The minimum atomic E-state index is -0.186. The van der Waals surface area contributed by atoms with Crippen molar-refractivity contribution in [3.05, 3.63) is 52.5 Å². The number of carbonyl (C=O) groups is 1.